The van der Waals surface area contributed by atoms with Gasteiger partial charge in [-0.05, 0) is 44.0 Å². The van der Waals surface area contributed by atoms with Crippen molar-refractivity contribution >= 4 is 11.7 Å². The minimum atomic E-state index is -0.572. The van der Waals surface area contributed by atoms with E-state index in [0.29, 0.717) is 6.04 Å². The predicted molar refractivity (Wildman–Crippen MR) is 84.3 cm³/mol. The molecular weight excluding hydrogens is 285 g/mol. The van der Waals surface area contributed by atoms with E-state index in [1.807, 2.05) is 13.8 Å². The van der Waals surface area contributed by atoms with Crippen LogP contribution in [0.25, 0.3) is 0 Å². The van der Waals surface area contributed by atoms with E-state index in [0.717, 1.165) is 36.4 Å². The lowest BCUT2D eigenvalue weighted by atomic mass is 10.1. The first-order valence-corrected chi connectivity index (χ1v) is 7.51. The zero-order valence-electron chi connectivity index (χ0n) is 13.6. The quantitative estimate of drug-likeness (QED) is 0.828. The molecule has 1 aromatic rings. The van der Waals surface area contributed by atoms with Gasteiger partial charge in [-0.25, -0.2) is 9.18 Å². The smallest absolute Gasteiger partial charge is 0.343 e. The number of esters is 1. The minimum absolute atomic E-state index is 0.272. The number of anilines is 1. The van der Waals surface area contributed by atoms with Gasteiger partial charge in [0.2, 0.25) is 0 Å². The van der Waals surface area contributed by atoms with Gasteiger partial charge < -0.3 is 15.4 Å². The molecule has 0 bridgehead atoms. The van der Waals surface area contributed by atoms with Crippen LogP contribution in [0.5, 0.6) is 0 Å². The van der Waals surface area contributed by atoms with Crippen molar-refractivity contribution in [3.63, 3.8) is 0 Å². The Kier molecular flexibility index (Phi) is 5.37. The average molecular weight is 309 g/mol. The highest BCUT2D eigenvalue weighted by Crippen LogP contribution is 2.23. The van der Waals surface area contributed by atoms with E-state index in [9.17, 15) is 9.18 Å². The highest BCUT2D eigenvalue weighted by Gasteiger charge is 2.30. The number of hydrogen-bond acceptors (Lipinski definition) is 5. The second-order valence-corrected chi connectivity index (χ2v) is 5.83. The summed E-state index contributed by atoms with van der Waals surface area (Å²) in [5.74, 6) is -0.608. The van der Waals surface area contributed by atoms with Gasteiger partial charge in [0.05, 0.1) is 7.11 Å². The van der Waals surface area contributed by atoms with Gasteiger partial charge in [0.1, 0.15) is 5.82 Å². The van der Waals surface area contributed by atoms with Crippen molar-refractivity contribution in [1.82, 2.24) is 10.2 Å². The lowest BCUT2D eigenvalue weighted by Crippen LogP contribution is -2.57. The Morgan fingerprint density at radius 1 is 1.45 bits per heavy atom. The molecule has 1 aliphatic rings. The Hall–Kier alpha value is -1.66. The second kappa shape index (κ2) is 7.07. The van der Waals surface area contributed by atoms with E-state index in [4.69, 9.17) is 4.74 Å². The minimum Gasteiger partial charge on any atom is -0.466 e. The second-order valence-electron chi connectivity index (χ2n) is 5.83. The molecule has 2 N–H and O–H groups in total. The molecule has 0 saturated carbocycles. The number of aryl methyl sites for hydroxylation is 2. The Morgan fingerprint density at radius 3 is 2.64 bits per heavy atom. The summed E-state index contributed by atoms with van der Waals surface area (Å²) in [6, 6.07) is 3.23. The van der Waals surface area contributed by atoms with E-state index < -0.39 is 6.17 Å². The number of halogens is 1. The van der Waals surface area contributed by atoms with Crippen molar-refractivity contribution in [1.29, 1.82) is 0 Å². The fourth-order valence-corrected chi connectivity index (χ4v) is 2.88. The van der Waals surface area contributed by atoms with Crippen LogP contribution in [-0.2, 0) is 9.53 Å². The third-order valence-electron chi connectivity index (χ3n) is 3.97. The van der Waals surface area contributed by atoms with Crippen LogP contribution >= 0.6 is 0 Å². The van der Waals surface area contributed by atoms with E-state index >= 15 is 0 Å². The van der Waals surface area contributed by atoms with E-state index in [1.165, 1.54) is 19.2 Å². The standard InChI is InChI=1S/C16H24FN3O2/c1-10-7-13(17)8-11(2)14(10)19-15(16(21)22-4)20-6-5-18-12(3)9-20/h7-8,12,15,18-19H,5-6,9H2,1-4H3. The molecule has 0 aliphatic carbocycles. The van der Waals surface area contributed by atoms with E-state index in [2.05, 4.69) is 22.5 Å². The molecule has 1 heterocycles. The maximum Gasteiger partial charge on any atom is 0.343 e. The maximum atomic E-state index is 13.4. The monoisotopic (exact) mass is 309 g/mol. The lowest BCUT2D eigenvalue weighted by molar-refractivity contribution is -0.146. The first-order chi connectivity index (χ1) is 10.4. The Labute approximate surface area is 130 Å². The SMILES string of the molecule is COC(=O)C(Nc1c(C)cc(F)cc1C)N1CCNC(C)C1. The van der Waals surface area contributed by atoms with Crippen molar-refractivity contribution < 1.29 is 13.9 Å². The van der Waals surface area contributed by atoms with Gasteiger partial charge in [0.25, 0.3) is 0 Å². The summed E-state index contributed by atoms with van der Waals surface area (Å²) in [6.45, 7) is 8.04. The van der Waals surface area contributed by atoms with Crippen molar-refractivity contribution in [2.24, 2.45) is 0 Å². The summed E-state index contributed by atoms with van der Waals surface area (Å²) < 4.78 is 18.4. The van der Waals surface area contributed by atoms with Crippen LogP contribution in [0.3, 0.4) is 0 Å². The molecule has 0 radical (unpaired) electrons. The molecule has 122 valence electrons. The number of benzene rings is 1. The summed E-state index contributed by atoms with van der Waals surface area (Å²) in [4.78, 5) is 14.2. The van der Waals surface area contributed by atoms with Gasteiger partial charge in [-0.3, -0.25) is 4.90 Å². The molecular formula is C16H24FN3O2. The number of hydrogen-bond donors (Lipinski definition) is 2. The van der Waals surface area contributed by atoms with Crippen LogP contribution in [-0.4, -0.2) is 49.8 Å². The number of piperazine rings is 1. The molecule has 1 aromatic carbocycles. The number of methoxy groups -OCH3 is 1. The molecule has 1 saturated heterocycles. The van der Waals surface area contributed by atoms with Gasteiger partial charge in [0.15, 0.2) is 6.17 Å². The van der Waals surface area contributed by atoms with Gasteiger partial charge in [-0.15, -0.1) is 0 Å². The molecule has 1 aliphatic heterocycles. The van der Waals surface area contributed by atoms with Crippen LogP contribution in [0.2, 0.25) is 0 Å². The van der Waals surface area contributed by atoms with Gasteiger partial charge >= 0.3 is 5.97 Å². The number of carbonyl (C=O) groups excluding carboxylic acids is 1. The highest BCUT2D eigenvalue weighted by atomic mass is 19.1. The number of rotatable bonds is 4. The van der Waals surface area contributed by atoms with Crippen LogP contribution in [0.15, 0.2) is 12.1 Å². The molecule has 22 heavy (non-hydrogen) atoms. The lowest BCUT2D eigenvalue weighted by Gasteiger charge is -2.37. The number of nitrogens with one attached hydrogen (secondary N) is 2. The van der Waals surface area contributed by atoms with Crippen LogP contribution in [0.1, 0.15) is 18.1 Å². The topological polar surface area (TPSA) is 53.6 Å². The number of carbonyl (C=O) groups is 1. The van der Waals surface area contributed by atoms with Gasteiger partial charge in [0, 0.05) is 31.4 Å². The van der Waals surface area contributed by atoms with Crippen molar-refractivity contribution in [3.8, 4) is 0 Å². The van der Waals surface area contributed by atoms with Crippen LogP contribution in [0.4, 0.5) is 10.1 Å². The largest absolute Gasteiger partial charge is 0.466 e. The molecule has 2 unspecified atom stereocenters. The third kappa shape index (κ3) is 3.75. The Bertz CT molecular complexity index is 527. The van der Waals surface area contributed by atoms with E-state index in [-0.39, 0.29) is 11.8 Å². The Morgan fingerprint density at radius 2 is 2.09 bits per heavy atom. The fraction of sp³-hybridized carbons (Fsp3) is 0.562. The molecule has 2 atom stereocenters. The van der Waals surface area contributed by atoms with Crippen LogP contribution in [0, 0.1) is 19.7 Å². The van der Waals surface area contributed by atoms with Crippen molar-refractivity contribution in [2.45, 2.75) is 33.0 Å². The molecule has 0 aromatic heterocycles. The fourth-order valence-electron chi connectivity index (χ4n) is 2.88. The number of ether oxygens (including phenoxy) is 1. The molecule has 1 fully saturated rings. The van der Waals surface area contributed by atoms with E-state index in [1.54, 1.807) is 0 Å². The maximum absolute atomic E-state index is 13.4. The average Bonchev–Trinajstić information content (AvgIpc) is 2.45. The van der Waals surface area contributed by atoms with Gasteiger partial charge in [-0.2, -0.15) is 0 Å². The zero-order chi connectivity index (χ0) is 16.3. The third-order valence-corrected chi connectivity index (χ3v) is 3.97. The molecule has 0 spiro atoms. The zero-order valence-corrected chi connectivity index (χ0v) is 13.6. The first kappa shape index (κ1) is 16.7. The highest BCUT2D eigenvalue weighted by molar-refractivity contribution is 5.79. The normalized spacial score (nSPS) is 20.5. The van der Waals surface area contributed by atoms with Crippen LogP contribution < -0.4 is 10.6 Å². The first-order valence-electron chi connectivity index (χ1n) is 7.51. The van der Waals surface area contributed by atoms with Gasteiger partial charge in [-0.1, -0.05) is 0 Å². The molecule has 2 rings (SSSR count). The predicted octanol–water partition coefficient (Wildman–Crippen LogP) is 1.65. The molecule has 6 heteroatoms. The summed E-state index contributed by atoms with van der Waals surface area (Å²) in [5, 5.41) is 6.59. The summed E-state index contributed by atoms with van der Waals surface area (Å²) >= 11 is 0. The number of nitrogens with zero attached hydrogens (tertiary/aromatic N) is 1. The van der Waals surface area contributed by atoms with Crippen molar-refractivity contribution in [2.75, 3.05) is 32.1 Å². The van der Waals surface area contributed by atoms with Crippen molar-refractivity contribution in [3.05, 3.63) is 29.1 Å². The summed E-state index contributed by atoms with van der Waals surface area (Å²) in [6.07, 6.45) is -0.572. The molecule has 5 nitrogen and oxygen atoms in total. The summed E-state index contributed by atoms with van der Waals surface area (Å²) in [7, 11) is 1.38. The summed E-state index contributed by atoms with van der Waals surface area (Å²) in [5.41, 5.74) is 2.33. The Balaban J connectivity index is 2.25. The molecule has 0 amide bonds.